The van der Waals surface area contributed by atoms with Crippen molar-refractivity contribution in [2.45, 2.75) is 19.9 Å². The number of allylic oxidation sites excluding steroid dienone is 1. The molecule has 1 atom stereocenters. The van der Waals surface area contributed by atoms with Crippen LogP contribution in [0.2, 0.25) is 0 Å². The lowest BCUT2D eigenvalue weighted by atomic mass is 9.95. The smallest absolute Gasteiger partial charge is 0.338 e. The molecule has 7 nitrogen and oxygen atoms in total. The van der Waals surface area contributed by atoms with Gasteiger partial charge in [-0.2, -0.15) is 0 Å². The topological polar surface area (TPSA) is 79.1 Å². The first-order valence-electron chi connectivity index (χ1n) is 10.6. The minimum atomic E-state index is -0.808. The predicted octanol–water partition coefficient (Wildman–Crippen LogP) is 2.95. The average Bonchev–Trinajstić information content (AvgIpc) is 3.13. The minimum absolute atomic E-state index is 0.173. The standard InChI is InChI=1S/C25H23FN2O5S/c1-5-33-24(30)21-14(2)27-25-28(22(21)16-10-11-18(31-3)19(12-16)32-4)23(29)20(34-25)13-15-8-6-7-9-17(15)26/h6-13,22H,5H2,1-4H3/b20-13+/t22-/m0/s1. The number of rotatable bonds is 6. The van der Waals surface area contributed by atoms with Gasteiger partial charge in [0.15, 0.2) is 16.3 Å². The van der Waals surface area contributed by atoms with E-state index in [1.54, 1.807) is 50.2 Å². The van der Waals surface area contributed by atoms with E-state index in [-0.39, 0.29) is 23.3 Å². The Balaban J connectivity index is 1.99. The van der Waals surface area contributed by atoms with E-state index in [1.165, 1.54) is 30.9 Å². The van der Waals surface area contributed by atoms with Crippen LogP contribution in [0.25, 0.3) is 6.08 Å². The highest BCUT2D eigenvalue weighted by atomic mass is 32.1. The molecule has 0 unspecified atom stereocenters. The molecule has 2 aromatic carbocycles. The Labute approximate surface area is 199 Å². The lowest BCUT2D eigenvalue weighted by Crippen LogP contribution is -2.40. The lowest BCUT2D eigenvalue weighted by molar-refractivity contribution is -0.139. The van der Waals surface area contributed by atoms with E-state index in [2.05, 4.69) is 4.99 Å². The Hall–Kier alpha value is -3.72. The zero-order valence-electron chi connectivity index (χ0n) is 19.1. The van der Waals surface area contributed by atoms with Crippen LogP contribution in [-0.4, -0.2) is 31.4 Å². The van der Waals surface area contributed by atoms with Crippen LogP contribution < -0.4 is 24.4 Å². The highest BCUT2D eigenvalue weighted by Gasteiger charge is 2.33. The van der Waals surface area contributed by atoms with Gasteiger partial charge in [-0.25, -0.2) is 14.2 Å². The van der Waals surface area contributed by atoms with Gasteiger partial charge in [-0.1, -0.05) is 35.6 Å². The van der Waals surface area contributed by atoms with Crippen molar-refractivity contribution >= 4 is 23.4 Å². The molecule has 4 rings (SSSR count). The quantitative estimate of drug-likeness (QED) is 0.505. The normalized spacial score (nSPS) is 15.6. The van der Waals surface area contributed by atoms with Gasteiger partial charge in [0.2, 0.25) is 0 Å². The van der Waals surface area contributed by atoms with E-state index in [0.717, 1.165) is 11.3 Å². The number of aromatic nitrogens is 1. The van der Waals surface area contributed by atoms with E-state index < -0.39 is 17.8 Å². The fraction of sp³-hybridized carbons (Fsp3) is 0.240. The number of ether oxygens (including phenoxy) is 3. The summed E-state index contributed by atoms with van der Waals surface area (Å²) in [6.07, 6.45) is 1.49. The van der Waals surface area contributed by atoms with Gasteiger partial charge in [-0.3, -0.25) is 9.36 Å². The lowest BCUT2D eigenvalue weighted by Gasteiger charge is -2.25. The number of esters is 1. The molecule has 0 N–H and O–H groups in total. The second kappa shape index (κ2) is 9.64. The van der Waals surface area contributed by atoms with Gasteiger partial charge >= 0.3 is 5.97 Å². The molecule has 1 aromatic heterocycles. The molecule has 3 aromatic rings. The van der Waals surface area contributed by atoms with Crippen molar-refractivity contribution in [3.8, 4) is 11.5 Å². The third-order valence-electron chi connectivity index (χ3n) is 5.43. The first-order valence-corrected chi connectivity index (χ1v) is 11.4. The van der Waals surface area contributed by atoms with Crippen molar-refractivity contribution < 1.29 is 23.4 Å². The van der Waals surface area contributed by atoms with Crippen LogP contribution in [0.15, 0.2) is 63.5 Å². The van der Waals surface area contributed by atoms with Crippen LogP contribution in [0.4, 0.5) is 4.39 Å². The third-order valence-corrected chi connectivity index (χ3v) is 6.42. The summed E-state index contributed by atoms with van der Waals surface area (Å²) in [6, 6.07) is 10.6. The summed E-state index contributed by atoms with van der Waals surface area (Å²) in [5, 5.41) is 0. The summed E-state index contributed by atoms with van der Waals surface area (Å²) in [6.45, 7) is 3.59. The van der Waals surface area contributed by atoms with Crippen molar-refractivity contribution in [2.75, 3.05) is 20.8 Å². The van der Waals surface area contributed by atoms with Crippen molar-refractivity contribution in [1.29, 1.82) is 0 Å². The number of thiazole rings is 1. The summed E-state index contributed by atoms with van der Waals surface area (Å²) in [7, 11) is 3.03. The second-order valence-corrected chi connectivity index (χ2v) is 8.45. The summed E-state index contributed by atoms with van der Waals surface area (Å²) >= 11 is 1.13. The Kier molecular flexibility index (Phi) is 6.65. The second-order valence-electron chi connectivity index (χ2n) is 7.44. The summed E-state index contributed by atoms with van der Waals surface area (Å²) in [4.78, 5) is 31.4. The Bertz CT molecular complexity index is 1470. The number of nitrogens with zero attached hydrogens (tertiary/aromatic N) is 2. The fourth-order valence-corrected chi connectivity index (χ4v) is 4.90. The first kappa shape index (κ1) is 23.4. The first-order chi connectivity index (χ1) is 16.4. The number of fused-ring (bicyclic) bond motifs is 1. The number of carbonyl (C=O) groups is 1. The molecule has 1 aliphatic rings. The van der Waals surface area contributed by atoms with Gasteiger partial charge in [0.05, 0.1) is 42.7 Å². The van der Waals surface area contributed by atoms with Crippen LogP contribution in [0.3, 0.4) is 0 Å². The Morgan fingerprint density at radius 2 is 1.91 bits per heavy atom. The molecule has 0 aliphatic carbocycles. The molecule has 0 radical (unpaired) electrons. The third kappa shape index (κ3) is 4.14. The number of benzene rings is 2. The summed E-state index contributed by atoms with van der Waals surface area (Å²) in [5.74, 6) is -0.0389. The molecule has 0 spiro atoms. The molecule has 34 heavy (non-hydrogen) atoms. The zero-order valence-corrected chi connectivity index (χ0v) is 19.9. The van der Waals surface area contributed by atoms with Crippen LogP contribution in [0, 0.1) is 5.82 Å². The van der Waals surface area contributed by atoms with Gasteiger partial charge < -0.3 is 14.2 Å². The maximum Gasteiger partial charge on any atom is 0.338 e. The van der Waals surface area contributed by atoms with E-state index in [1.807, 2.05) is 0 Å². The van der Waals surface area contributed by atoms with E-state index in [9.17, 15) is 14.0 Å². The van der Waals surface area contributed by atoms with Crippen molar-refractivity contribution in [2.24, 2.45) is 4.99 Å². The zero-order chi connectivity index (χ0) is 24.4. The predicted molar refractivity (Wildman–Crippen MR) is 126 cm³/mol. The van der Waals surface area contributed by atoms with Gasteiger partial charge in [-0.15, -0.1) is 0 Å². The van der Waals surface area contributed by atoms with Gasteiger partial charge in [-0.05, 0) is 43.7 Å². The molecule has 0 saturated heterocycles. The average molecular weight is 483 g/mol. The number of hydrogen-bond donors (Lipinski definition) is 0. The van der Waals surface area contributed by atoms with E-state index in [4.69, 9.17) is 14.2 Å². The molecule has 1 aliphatic heterocycles. The SMILES string of the molecule is CCOC(=O)C1=C(C)N=c2s/c(=C/c3ccccc3F)c(=O)n2[C@H]1c1ccc(OC)c(OC)c1. The molecule has 0 bridgehead atoms. The van der Waals surface area contributed by atoms with Crippen LogP contribution in [-0.2, 0) is 9.53 Å². The highest BCUT2D eigenvalue weighted by Crippen LogP contribution is 2.36. The maximum atomic E-state index is 14.2. The summed E-state index contributed by atoms with van der Waals surface area (Å²) in [5.41, 5.74) is 1.21. The fourth-order valence-electron chi connectivity index (χ4n) is 3.86. The minimum Gasteiger partial charge on any atom is -0.493 e. The Morgan fingerprint density at radius 3 is 2.59 bits per heavy atom. The van der Waals surface area contributed by atoms with Crippen molar-refractivity contribution in [3.63, 3.8) is 0 Å². The van der Waals surface area contributed by atoms with Crippen molar-refractivity contribution in [3.05, 3.63) is 90.4 Å². The largest absolute Gasteiger partial charge is 0.493 e. The molecule has 9 heteroatoms. The van der Waals surface area contributed by atoms with Gasteiger partial charge in [0.25, 0.3) is 5.56 Å². The van der Waals surface area contributed by atoms with Crippen LogP contribution >= 0.6 is 11.3 Å². The number of hydrogen-bond acceptors (Lipinski definition) is 7. The molecule has 176 valence electrons. The maximum absolute atomic E-state index is 14.2. The van der Waals surface area contributed by atoms with Gasteiger partial charge in [0, 0.05) is 5.56 Å². The van der Waals surface area contributed by atoms with Crippen molar-refractivity contribution in [1.82, 2.24) is 4.57 Å². The number of carbonyl (C=O) groups excluding carboxylic acids is 1. The Morgan fingerprint density at radius 1 is 1.18 bits per heavy atom. The monoisotopic (exact) mass is 482 g/mol. The van der Waals surface area contributed by atoms with Gasteiger partial charge in [0.1, 0.15) is 5.82 Å². The molecular weight excluding hydrogens is 459 g/mol. The molecular formula is C25H23FN2O5S. The van der Waals surface area contributed by atoms with Crippen LogP contribution in [0.1, 0.15) is 31.0 Å². The highest BCUT2D eigenvalue weighted by molar-refractivity contribution is 7.07. The number of halogens is 1. The van der Waals surface area contributed by atoms with Crippen LogP contribution in [0.5, 0.6) is 11.5 Å². The molecule has 2 heterocycles. The molecule has 0 saturated carbocycles. The summed E-state index contributed by atoms with van der Waals surface area (Å²) < 4.78 is 32.1. The van der Waals surface area contributed by atoms with E-state index in [0.29, 0.717) is 32.1 Å². The molecule has 0 amide bonds. The number of methoxy groups -OCH3 is 2. The van der Waals surface area contributed by atoms with E-state index >= 15 is 0 Å². The molecule has 0 fully saturated rings.